The Balaban J connectivity index is 2.16. The van der Waals surface area contributed by atoms with Crippen molar-refractivity contribution in [3.05, 3.63) is 0 Å². The summed E-state index contributed by atoms with van der Waals surface area (Å²) >= 11 is 0. The van der Waals surface area contributed by atoms with E-state index in [-0.39, 0.29) is 0 Å². The molecule has 1 aliphatic carbocycles. The van der Waals surface area contributed by atoms with Gasteiger partial charge in [0.15, 0.2) is 6.40 Å². The molecule has 0 aromatic rings. The molecule has 0 aromatic carbocycles. The molecule has 0 spiro atoms. The average molecular weight is 228 g/mol. The zero-order valence-electron chi connectivity index (χ0n) is 10.4. The highest BCUT2D eigenvalue weighted by Crippen LogP contribution is 2.28. The van der Waals surface area contributed by atoms with Crippen molar-refractivity contribution >= 4 is 6.40 Å². The third kappa shape index (κ3) is 5.47. The van der Waals surface area contributed by atoms with Crippen molar-refractivity contribution in [2.45, 2.75) is 25.7 Å². The van der Waals surface area contributed by atoms with Gasteiger partial charge in [0.25, 0.3) is 0 Å². The van der Waals surface area contributed by atoms with E-state index in [0.29, 0.717) is 6.73 Å². The smallest absolute Gasteiger partial charge is 0.168 e. The van der Waals surface area contributed by atoms with Gasteiger partial charge in [0.05, 0.1) is 13.8 Å². The summed E-state index contributed by atoms with van der Waals surface area (Å²) in [6, 6.07) is 0. The minimum atomic E-state index is 0.656. The molecule has 2 unspecified atom stereocenters. The van der Waals surface area contributed by atoms with E-state index < -0.39 is 0 Å². The zero-order chi connectivity index (χ0) is 11.6. The lowest BCUT2D eigenvalue weighted by Crippen LogP contribution is -2.29. The van der Waals surface area contributed by atoms with E-state index in [1.165, 1.54) is 25.7 Å². The van der Waals surface area contributed by atoms with E-state index in [1.54, 1.807) is 20.6 Å². The van der Waals surface area contributed by atoms with E-state index in [0.717, 1.165) is 24.9 Å². The Labute approximate surface area is 98.4 Å². The number of hydrogen-bond acceptors (Lipinski definition) is 4. The van der Waals surface area contributed by atoms with E-state index in [2.05, 4.69) is 10.3 Å². The van der Waals surface area contributed by atoms with Crippen molar-refractivity contribution in [2.24, 2.45) is 16.8 Å². The van der Waals surface area contributed by atoms with Crippen molar-refractivity contribution in [2.75, 3.05) is 34.0 Å². The maximum absolute atomic E-state index is 4.99. The SMILES string of the molecule is CO/C=N\CC1CCCC(CNCOC)C1. The molecule has 0 radical (unpaired) electrons. The summed E-state index contributed by atoms with van der Waals surface area (Å²) in [5, 5.41) is 3.31. The van der Waals surface area contributed by atoms with Gasteiger partial charge >= 0.3 is 0 Å². The quantitative estimate of drug-likeness (QED) is 0.312. The minimum absolute atomic E-state index is 0.656. The number of methoxy groups -OCH3 is 2. The van der Waals surface area contributed by atoms with Crippen LogP contribution >= 0.6 is 0 Å². The van der Waals surface area contributed by atoms with Crippen LogP contribution < -0.4 is 5.32 Å². The summed E-state index contributed by atoms with van der Waals surface area (Å²) in [6.45, 7) is 2.63. The summed E-state index contributed by atoms with van der Waals surface area (Å²) in [6.07, 6.45) is 6.79. The molecule has 1 rings (SSSR count). The fourth-order valence-electron chi connectivity index (χ4n) is 2.39. The Morgan fingerprint density at radius 1 is 1.31 bits per heavy atom. The van der Waals surface area contributed by atoms with Crippen LogP contribution in [0.2, 0.25) is 0 Å². The largest absolute Gasteiger partial charge is 0.487 e. The van der Waals surface area contributed by atoms with Gasteiger partial charge in [-0.1, -0.05) is 6.42 Å². The van der Waals surface area contributed by atoms with E-state index in [4.69, 9.17) is 9.47 Å². The van der Waals surface area contributed by atoms with Crippen molar-refractivity contribution in [3.63, 3.8) is 0 Å². The van der Waals surface area contributed by atoms with E-state index in [9.17, 15) is 0 Å². The zero-order valence-corrected chi connectivity index (χ0v) is 10.4. The number of rotatable bonds is 7. The highest BCUT2D eigenvalue weighted by molar-refractivity contribution is 5.45. The Hall–Kier alpha value is -0.610. The molecule has 0 aromatic heterocycles. The molecule has 0 aliphatic heterocycles. The average Bonchev–Trinajstić information content (AvgIpc) is 2.30. The molecule has 0 amide bonds. The van der Waals surface area contributed by atoms with Crippen molar-refractivity contribution in [3.8, 4) is 0 Å². The van der Waals surface area contributed by atoms with Gasteiger partial charge in [-0.3, -0.25) is 10.3 Å². The van der Waals surface area contributed by atoms with Crippen LogP contribution in [-0.4, -0.2) is 40.4 Å². The molecule has 0 bridgehead atoms. The monoisotopic (exact) mass is 228 g/mol. The number of ether oxygens (including phenoxy) is 2. The molecule has 1 N–H and O–H groups in total. The third-order valence-corrected chi connectivity index (χ3v) is 3.11. The van der Waals surface area contributed by atoms with Crippen molar-refractivity contribution < 1.29 is 9.47 Å². The Morgan fingerprint density at radius 2 is 2.12 bits per heavy atom. The van der Waals surface area contributed by atoms with E-state index >= 15 is 0 Å². The predicted molar refractivity (Wildman–Crippen MR) is 65.7 cm³/mol. The van der Waals surface area contributed by atoms with Gasteiger partial charge in [0.1, 0.15) is 0 Å². The molecule has 4 heteroatoms. The first-order valence-corrected chi connectivity index (χ1v) is 6.07. The van der Waals surface area contributed by atoms with Gasteiger partial charge in [-0.2, -0.15) is 0 Å². The molecule has 1 aliphatic rings. The summed E-state index contributed by atoms with van der Waals surface area (Å²) < 4.78 is 9.81. The summed E-state index contributed by atoms with van der Waals surface area (Å²) in [7, 11) is 3.36. The van der Waals surface area contributed by atoms with Gasteiger partial charge in [0.2, 0.25) is 0 Å². The van der Waals surface area contributed by atoms with Crippen LogP contribution in [0.15, 0.2) is 4.99 Å². The lowest BCUT2D eigenvalue weighted by molar-refractivity contribution is 0.161. The minimum Gasteiger partial charge on any atom is -0.487 e. The lowest BCUT2D eigenvalue weighted by Gasteiger charge is -2.28. The Kier molecular flexibility index (Phi) is 7.17. The van der Waals surface area contributed by atoms with Gasteiger partial charge in [-0.25, -0.2) is 0 Å². The predicted octanol–water partition coefficient (Wildman–Crippen LogP) is 1.66. The first-order chi connectivity index (χ1) is 7.86. The highest BCUT2D eigenvalue weighted by Gasteiger charge is 2.21. The number of aliphatic imine (C=N–C) groups is 1. The second-order valence-corrected chi connectivity index (χ2v) is 4.49. The van der Waals surface area contributed by atoms with Crippen LogP contribution in [0.3, 0.4) is 0 Å². The standard InChI is InChI=1S/C12H24N2O2/c1-15-9-13-7-11-4-3-5-12(6-11)8-14-10-16-2/h9,11-12,14H,3-8,10H2,1-2H3/b13-9-. The maximum Gasteiger partial charge on any atom is 0.168 e. The molecule has 1 saturated carbocycles. The highest BCUT2D eigenvalue weighted by atomic mass is 16.5. The molecule has 16 heavy (non-hydrogen) atoms. The maximum atomic E-state index is 4.99. The summed E-state index contributed by atoms with van der Waals surface area (Å²) in [5.74, 6) is 1.51. The van der Waals surface area contributed by atoms with Crippen molar-refractivity contribution in [1.29, 1.82) is 0 Å². The Bertz CT molecular complexity index is 197. The third-order valence-electron chi connectivity index (χ3n) is 3.11. The fraction of sp³-hybridized carbons (Fsp3) is 0.917. The molecule has 94 valence electrons. The second-order valence-electron chi connectivity index (χ2n) is 4.49. The van der Waals surface area contributed by atoms with Crippen LogP contribution in [-0.2, 0) is 9.47 Å². The molecular weight excluding hydrogens is 204 g/mol. The first-order valence-electron chi connectivity index (χ1n) is 6.07. The topological polar surface area (TPSA) is 42.8 Å². The van der Waals surface area contributed by atoms with Gasteiger partial charge in [0, 0.05) is 20.2 Å². The van der Waals surface area contributed by atoms with Crippen LogP contribution in [0.1, 0.15) is 25.7 Å². The van der Waals surface area contributed by atoms with Gasteiger partial charge in [-0.05, 0) is 31.1 Å². The first kappa shape index (κ1) is 13.5. The summed E-state index contributed by atoms with van der Waals surface area (Å²) in [5.41, 5.74) is 0. The molecule has 0 heterocycles. The number of hydrogen-bond donors (Lipinski definition) is 1. The molecule has 2 atom stereocenters. The van der Waals surface area contributed by atoms with Gasteiger partial charge in [-0.15, -0.1) is 0 Å². The second kappa shape index (κ2) is 8.53. The summed E-state index contributed by atoms with van der Waals surface area (Å²) in [4.78, 5) is 4.25. The van der Waals surface area contributed by atoms with Crippen LogP contribution in [0.25, 0.3) is 0 Å². The fourth-order valence-corrected chi connectivity index (χ4v) is 2.39. The van der Waals surface area contributed by atoms with Crippen LogP contribution in [0, 0.1) is 11.8 Å². The van der Waals surface area contributed by atoms with Gasteiger partial charge < -0.3 is 9.47 Å². The lowest BCUT2D eigenvalue weighted by atomic mass is 9.81. The van der Waals surface area contributed by atoms with Crippen molar-refractivity contribution in [1.82, 2.24) is 5.32 Å². The number of nitrogens with zero attached hydrogens (tertiary/aromatic N) is 1. The molecular formula is C12H24N2O2. The molecule has 1 fully saturated rings. The van der Waals surface area contributed by atoms with Crippen LogP contribution in [0.4, 0.5) is 0 Å². The molecule has 4 nitrogen and oxygen atoms in total. The Morgan fingerprint density at radius 3 is 2.88 bits per heavy atom. The van der Waals surface area contributed by atoms with E-state index in [1.807, 2.05) is 0 Å². The number of nitrogens with one attached hydrogen (secondary N) is 1. The normalized spacial score (nSPS) is 26.1. The molecule has 0 saturated heterocycles. The van der Waals surface area contributed by atoms with Crippen LogP contribution in [0.5, 0.6) is 0 Å².